The SMILES string of the molecule is CCCC/C=C\C[C@H](O)CC. The van der Waals surface area contributed by atoms with Gasteiger partial charge in [-0.25, -0.2) is 0 Å². The monoisotopic (exact) mass is 156 g/mol. The first-order valence-corrected chi connectivity index (χ1v) is 4.64. The lowest BCUT2D eigenvalue weighted by Crippen LogP contribution is -2.00. The van der Waals surface area contributed by atoms with Crippen LogP contribution in [-0.2, 0) is 0 Å². The molecule has 0 heterocycles. The molecule has 0 aromatic heterocycles. The minimum atomic E-state index is -0.132. The molecule has 1 atom stereocenters. The van der Waals surface area contributed by atoms with Crippen LogP contribution in [0.25, 0.3) is 0 Å². The van der Waals surface area contributed by atoms with Crippen LogP contribution in [0.3, 0.4) is 0 Å². The van der Waals surface area contributed by atoms with Gasteiger partial charge in [0.05, 0.1) is 6.10 Å². The van der Waals surface area contributed by atoms with Crippen molar-refractivity contribution in [1.82, 2.24) is 0 Å². The third-order valence-corrected chi connectivity index (χ3v) is 1.77. The number of rotatable bonds is 6. The quantitative estimate of drug-likeness (QED) is 0.463. The minimum absolute atomic E-state index is 0.132. The van der Waals surface area contributed by atoms with Gasteiger partial charge in [0.2, 0.25) is 0 Å². The normalized spacial score (nSPS) is 14.1. The Morgan fingerprint density at radius 1 is 1.27 bits per heavy atom. The van der Waals surface area contributed by atoms with Gasteiger partial charge in [-0.15, -0.1) is 0 Å². The zero-order valence-corrected chi connectivity index (χ0v) is 7.71. The van der Waals surface area contributed by atoms with Crippen molar-refractivity contribution in [2.24, 2.45) is 0 Å². The number of hydrogen-bond acceptors (Lipinski definition) is 1. The summed E-state index contributed by atoms with van der Waals surface area (Å²) >= 11 is 0. The predicted octanol–water partition coefficient (Wildman–Crippen LogP) is 2.89. The highest BCUT2D eigenvalue weighted by Crippen LogP contribution is 2.00. The van der Waals surface area contributed by atoms with Crippen molar-refractivity contribution in [1.29, 1.82) is 0 Å². The van der Waals surface area contributed by atoms with Crippen molar-refractivity contribution >= 4 is 0 Å². The van der Waals surface area contributed by atoms with Crippen molar-refractivity contribution in [2.75, 3.05) is 0 Å². The molecule has 0 aliphatic carbocycles. The predicted molar refractivity (Wildman–Crippen MR) is 49.6 cm³/mol. The van der Waals surface area contributed by atoms with Crippen LogP contribution in [0.1, 0.15) is 46.0 Å². The van der Waals surface area contributed by atoms with Crippen molar-refractivity contribution in [3.05, 3.63) is 12.2 Å². The standard InChI is InChI=1S/C10H20O/c1-3-5-6-7-8-9-10(11)4-2/h7-8,10-11H,3-6,9H2,1-2H3/b8-7-/t10-/m1/s1. The number of hydrogen-bond donors (Lipinski definition) is 1. The number of unbranched alkanes of at least 4 members (excludes halogenated alkanes) is 2. The second kappa shape index (κ2) is 7.80. The van der Waals surface area contributed by atoms with Gasteiger partial charge in [0.1, 0.15) is 0 Å². The lowest BCUT2D eigenvalue weighted by Gasteiger charge is -2.01. The van der Waals surface area contributed by atoms with Crippen LogP contribution in [0, 0.1) is 0 Å². The summed E-state index contributed by atoms with van der Waals surface area (Å²) in [6.45, 7) is 4.19. The molecule has 1 nitrogen and oxygen atoms in total. The highest BCUT2D eigenvalue weighted by molar-refractivity contribution is 4.83. The number of aliphatic hydroxyl groups excluding tert-OH is 1. The third-order valence-electron chi connectivity index (χ3n) is 1.77. The van der Waals surface area contributed by atoms with E-state index in [0.29, 0.717) is 0 Å². The Kier molecular flexibility index (Phi) is 7.59. The number of allylic oxidation sites excluding steroid dienone is 1. The maximum absolute atomic E-state index is 9.16. The van der Waals surface area contributed by atoms with Crippen LogP contribution in [-0.4, -0.2) is 11.2 Å². The summed E-state index contributed by atoms with van der Waals surface area (Å²) in [6, 6.07) is 0. The van der Waals surface area contributed by atoms with Crippen LogP contribution < -0.4 is 0 Å². The van der Waals surface area contributed by atoms with Gasteiger partial charge in [-0.3, -0.25) is 0 Å². The van der Waals surface area contributed by atoms with E-state index in [0.717, 1.165) is 19.3 Å². The highest BCUT2D eigenvalue weighted by Gasteiger charge is 1.94. The van der Waals surface area contributed by atoms with E-state index in [9.17, 15) is 0 Å². The third kappa shape index (κ3) is 7.60. The fourth-order valence-corrected chi connectivity index (χ4v) is 0.860. The molecule has 1 N–H and O–H groups in total. The molecular formula is C10H20O. The van der Waals surface area contributed by atoms with Gasteiger partial charge in [0, 0.05) is 0 Å². The van der Waals surface area contributed by atoms with E-state index >= 15 is 0 Å². The Bertz CT molecular complexity index is 97.0. The molecule has 66 valence electrons. The summed E-state index contributed by atoms with van der Waals surface area (Å²) in [5.74, 6) is 0. The lowest BCUT2D eigenvalue weighted by molar-refractivity contribution is 0.173. The minimum Gasteiger partial charge on any atom is -0.393 e. The van der Waals surface area contributed by atoms with Crippen molar-refractivity contribution < 1.29 is 5.11 Å². The molecule has 0 aromatic rings. The van der Waals surface area contributed by atoms with Gasteiger partial charge in [0.15, 0.2) is 0 Å². The Hall–Kier alpha value is -0.300. The van der Waals surface area contributed by atoms with E-state index in [1.54, 1.807) is 0 Å². The van der Waals surface area contributed by atoms with Gasteiger partial charge in [-0.05, 0) is 19.3 Å². The second-order valence-corrected chi connectivity index (χ2v) is 2.91. The summed E-state index contributed by atoms with van der Waals surface area (Å²) < 4.78 is 0. The molecule has 1 heteroatoms. The molecule has 0 fully saturated rings. The summed E-state index contributed by atoms with van der Waals surface area (Å²) in [6.07, 6.45) is 9.48. The van der Waals surface area contributed by atoms with E-state index in [1.165, 1.54) is 12.8 Å². The molecule has 0 rings (SSSR count). The fraction of sp³-hybridized carbons (Fsp3) is 0.800. The molecule has 0 saturated carbocycles. The molecule has 11 heavy (non-hydrogen) atoms. The zero-order chi connectivity index (χ0) is 8.53. The average Bonchev–Trinajstić information content (AvgIpc) is 2.04. The zero-order valence-electron chi connectivity index (χ0n) is 7.71. The summed E-state index contributed by atoms with van der Waals surface area (Å²) in [5, 5.41) is 9.16. The smallest absolute Gasteiger partial charge is 0.0572 e. The van der Waals surface area contributed by atoms with Crippen LogP contribution in [0.15, 0.2) is 12.2 Å². The lowest BCUT2D eigenvalue weighted by atomic mass is 10.1. The van der Waals surface area contributed by atoms with Crippen LogP contribution >= 0.6 is 0 Å². The Balaban J connectivity index is 3.15. The molecule has 0 saturated heterocycles. The highest BCUT2D eigenvalue weighted by atomic mass is 16.3. The van der Waals surface area contributed by atoms with Crippen molar-refractivity contribution in [2.45, 2.75) is 52.1 Å². The molecule has 0 aliphatic rings. The van der Waals surface area contributed by atoms with Gasteiger partial charge >= 0.3 is 0 Å². The second-order valence-electron chi connectivity index (χ2n) is 2.91. The largest absolute Gasteiger partial charge is 0.393 e. The topological polar surface area (TPSA) is 20.2 Å². The first-order chi connectivity index (χ1) is 5.31. The first kappa shape index (κ1) is 10.7. The molecular weight excluding hydrogens is 136 g/mol. The van der Waals surface area contributed by atoms with Crippen molar-refractivity contribution in [3.8, 4) is 0 Å². The van der Waals surface area contributed by atoms with Crippen molar-refractivity contribution in [3.63, 3.8) is 0 Å². The van der Waals surface area contributed by atoms with E-state index < -0.39 is 0 Å². The summed E-state index contributed by atoms with van der Waals surface area (Å²) in [5.41, 5.74) is 0. The maximum atomic E-state index is 9.16. The van der Waals surface area contributed by atoms with Gasteiger partial charge < -0.3 is 5.11 Å². The van der Waals surface area contributed by atoms with E-state index in [2.05, 4.69) is 19.1 Å². The maximum Gasteiger partial charge on any atom is 0.0572 e. The van der Waals surface area contributed by atoms with Gasteiger partial charge in [0.25, 0.3) is 0 Å². The average molecular weight is 156 g/mol. The molecule has 0 unspecified atom stereocenters. The molecule has 0 aromatic carbocycles. The summed E-state index contributed by atoms with van der Waals surface area (Å²) in [4.78, 5) is 0. The molecule has 0 bridgehead atoms. The molecule has 0 radical (unpaired) electrons. The van der Waals surface area contributed by atoms with Gasteiger partial charge in [-0.1, -0.05) is 38.8 Å². The van der Waals surface area contributed by atoms with E-state index in [-0.39, 0.29) is 6.10 Å². The van der Waals surface area contributed by atoms with E-state index in [4.69, 9.17) is 5.11 Å². The van der Waals surface area contributed by atoms with E-state index in [1.807, 2.05) is 6.92 Å². The van der Waals surface area contributed by atoms with Crippen LogP contribution in [0.2, 0.25) is 0 Å². The Morgan fingerprint density at radius 2 is 2.00 bits per heavy atom. The molecule has 0 spiro atoms. The number of aliphatic hydroxyl groups is 1. The Morgan fingerprint density at radius 3 is 2.55 bits per heavy atom. The fourth-order valence-electron chi connectivity index (χ4n) is 0.860. The molecule has 0 amide bonds. The van der Waals surface area contributed by atoms with Crippen LogP contribution in [0.4, 0.5) is 0 Å². The molecule has 0 aliphatic heterocycles. The van der Waals surface area contributed by atoms with Crippen LogP contribution in [0.5, 0.6) is 0 Å². The first-order valence-electron chi connectivity index (χ1n) is 4.64. The van der Waals surface area contributed by atoms with Gasteiger partial charge in [-0.2, -0.15) is 0 Å². The Labute approximate surface area is 70.1 Å². The summed E-state index contributed by atoms with van der Waals surface area (Å²) in [7, 11) is 0.